The molecule has 2 rings (SSSR count). The quantitative estimate of drug-likeness (QED) is 0.303. The minimum Gasteiger partial charge on any atom is -0.294 e. The first kappa shape index (κ1) is 15.1. The zero-order valence-corrected chi connectivity index (χ0v) is 13.9. The van der Waals surface area contributed by atoms with Crippen molar-refractivity contribution in [1.29, 1.82) is 0 Å². The van der Waals surface area contributed by atoms with E-state index in [1.54, 1.807) is 30.3 Å². The normalized spacial score (nSPS) is 10.3. The van der Waals surface area contributed by atoms with Crippen molar-refractivity contribution < 1.29 is 9.72 Å². The Hall–Kier alpha value is -1.28. The van der Waals surface area contributed by atoms with Crippen LogP contribution in [0.2, 0.25) is 0 Å². The zero-order valence-electron chi connectivity index (χ0n) is 10.2. The van der Waals surface area contributed by atoms with E-state index in [4.69, 9.17) is 0 Å². The van der Waals surface area contributed by atoms with Gasteiger partial charge in [-0.3, -0.25) is 14.9 Å². The molecule has 2 aromatic rings. The number of ketones is 1. The Kier molecular flexibility index (Phi) is 4.87. The summed E-state index contributed by atoms with van der Waals surface area (Å²) in [5, 5.41) is 10.9. The van der Waals surface area contributed by atoms with Gasteiger partial charge in [-0.05, 0) is 40.8 Å². The highest BCUT2D eigenvalue weighted by atomic mass is 127. The van der Waals surface area contributed by atoms with Gasteiger partial charge in [-0.2, -0.15) is 0 Å². The van der Waals surface area contributed by atoms with Gasteiger partial charge in [0.2, 0.25) is 0 Å². The van der Waals surface area contributed by atoms with E-state index in [9.17, 15) is 14.9 Å². The van der Waals surface area contributed by atoms with Gasteiger partial charge in [-0.1, -0.05) is 34.1 Å². The molecule has 20 heavy (non-hydrogen) atoms. The van der Waals surface area contributed by atoms with Gasteiger partial charge in [0.05, 0.1) is 4.92 Å². The van der Waals surface area contributed by atoms with Crippen LogP contribution < -0.4 is 0 Å². The van der Waals surface area contributed by atoms with E-state index in [0.29, 0.717) is 15.6 Å². The van der Waals surface area contributed by atoms with Gasteiger partial charge >= 0.3 is 0 Å². The molecule has 0 aromatic heterocycles. The molecule has 2 aromatic carbocycles. The fourth-order valence-corrected chi connectivity index (χ4v) is 2.78. The zero-order chi connectivity index (χ0) is 14.7. The molecule has 0 aliphatic heterocycles. The van der Waals surface area contributed by atoms with Gasteiger partial charge in [-0.25, -0.2) is 0 Å². The summed E-state index contributed by atoms with van der Waals surface area (Å²) in [6.07, 6.45) is 0.00977. The Bertz CT molecular complexity index is 688. The molecule has 0 radical (unpaired) electrons. The summed E-state index contributed by atoms with van der Waals surface area (Å²) in [7, 11) is 0. The van der Waals surface area contributed by atoms with Gasteiger partial charge in [-0.15, -0.1) is 0 Å². The van der Waals surface area contributed by atoms with E-state index in [2.05, 4.69) is 38.5 Å². The van der Waals surface area contributed by atoms with Crippen molar-refractivity contribution in [3.05, 3.63) is 71.7 Å². The fourth-order valence-electron chi connectivity index (χ4n) is 1.82. The van der Waals surface area contributed by atoms with Crippen LogP contribution in [0.1, 0.15) is 15.9 Å². The van der Waals surface area contributed by atoms with Crippen LogP contribution in [0.4, 0.5) is 5.69 Å². The van der Waals surface area contributed by atoms with Gasteiger partial charge in [0.25, 0.3) is 5.69 Å². The minimum absolute atomic E-state index is 0.00977. The molecule has 4 nitrogen and oxygen atoms in total. The third-order valence-electron chi connectivity index (χ3n) is 2.77. The third kappa shape index (κ3) is 3.43. The van der Waals surface area contributed by atoms with E-state index in [1.165, 1.54) is 6.07 Å². The highest BCUT2D eigenvalue weighted by molar-refractivity contribution is 14.1. The minimum atomic E-state index is -0.466. The van der Waals surface area contributed by atoms with Crippen LogP contribution >= 0.6 is 38.5 Å². The molecule has 0 aliphatic rings. The first-order valence-electron chi connectivity index (χ1n) is 5.69. The monoisotopic (exact) mass is 445 g/mol. The highest BCUT2D eigenvalue weighted by Gasteiger charge is 2.18. The molecule has 0 heterocycles. The predicted octanol–water partition coefficient (Wildman–Crippen LogP) is 4.39. The lowest BCUT2D eigenvalue weighted by Gasteiger charge is -2.05. The van der Waals surface area contributed by atoms with Crippen LogP contribution in [0.5, 0.6) is 0 Å². The lowest BCUT2D eigenvalue weighted by atomic mass is 10.0. The molecule has 0 N–H and O–H groups in total. The maximum absolute atomic E-state index is 12.3. The smallest absolute Gasteiger partial charge is 0.273 e. The summed E-state index contributed by atoms with van der Waals surface area (Å²) in [6.45, 7) is 0. The Balaban J connectivity index is 2.33. The summed E-state index contributed by atoms with van der Waals surface area (Å²) in [6, 6.07) is 11.7. The summed E-state index contributed by atoms with van der Waals surface area (Å²) in [4.78, 5) is 22.8. The molecule has 0 aliphatic carbocycles. The van der Waals surface area contributed by atoms with E-state index in [0.717, 1.165) is 3.57 Å². The Morgan fingerprint density at radius 2 is 1.95 bits per heavy atom. The lowest BCUT2D eigenvalue weighted by molar-refractivity contribution is -0.385. The molecule has 0 bridgehead atoms. The second-order valence-electron chi connectivity index (χ2n) is 4.11. The van der Waals surface area contributed by atoms with Crippen LogP contribution in [-0.4, -0.2) is 10.7 Å². The summed E-state index contributed by atoms with van der Waals surface area (Å²) < 4.78 is 1.64. The topological polar surface area (TPSA) is 60.2 Å². The van der Waals surface area contributed by atoms with Crippen LogP contribution in [-0.2, 0) is 6.42 Å². The number of rotatable bonds is 4. The number of hydrogen-bond donors (Lipinski definition) is 0. The van der Waals surface area contributed by atoms with Crippen molar-refractivity contribution >= 4 is 50.0 Å². The fraction of sp³-hybridized carbons (Fsp3) is 0.0714. The number of nitro benzene ring substituents is 1. The summed E-state index contributed by atoms with van der Waals surface area (Å²) in [5.74, 6) is -0.148. The van der Waals surface area contributed by atoms with Crippen molar-refractivity contribution in [2.45, 2.75) is 6.42 Å². The molecule has 102 valence electrons. The maximum Gasteiger partial charge on any atom is 0.273 e. The first-order chi connectivity index (χ1) is 9.49. The maximum atomic E-state index is 12.3. The van der Waals surface area contributed by atoms with Crippen LogP contribution in [0.25, 0.3) is 0 Å². The van der Waals surface area contributed by atoms with Crippen LogP contribution in [0.15, 0.2) is 46.9 Å². The second-order valence-corrected chi connectivity index (χ2v) is 6.21. The molecule has 6 heteroatoms. The Morgan fingerprint density at radius 1 is 1.25 bits per heavy atom. The Morgan fingerprint density at radius 3 is 2.65 bits per heavy atom. The largest absolute Gasteiger partial charge is 0.294 e. The average molecular weight is 446 g/mol. The van der Waals surface area contributed by atoms with Gasteiger partial charge in [0.1, 0.15) is 0 Å². The van der Waals surface area contributed by atoms with Gasteiger partial charge < -0.3 is 0 Å². The number of halogens is 2. The number of Topliss-reactive ketones (excluding diaryl/α,β-unsaturated/α-hetero) is 1. The molecule has 0 atom stereocenters. The van der Waals surface area contributed by atoms with Crippen LogP contribution in [0.3, 0.4) is 0 Å². The van der Waals surface area contributed by atoms with Crippen molar-refractivity contribution in [2.24, 2.45) is 0 Å². The first-order valence-corrected chi connectivity index (χ1v) is 7.57. The summed E-state index contributed by atoms with van der Waals surface area (Å²) >= 11 is 5.46. The van der Waals surface area contributed by atoms with Gasteiger partial charge in [0.15, 0.2) is 5.78 Å². The molecule has 0 saturated heterocycles. The van der Waals surface area contributed by atoms with Crippen molar-refractivity contribution in [3.63, 3.8) is 0 Å². The van der Waals surface area contributed by atoms with E-state index >= 15 is 0 Å². The SMILES string of the molecule is O=C(Cc1ccccc1[N+](=O)[O-])c1cc(I)ccc1Br. The van der Waals surface area contributed by atoms with Crippen molar-refractivity contribution in [3.8, 4) is 0 Å². The van der Waals surface area contributed by atoms with E-state index in [1.807, 2.05) is 6.07 Å². The number of nitro groups is 1. The molecular formula is C14H9BrINO3. The van der Waals surface area contributed by atoms with Crippen molar-refractivity contribution in [2.75, 3.05) is 0 Å². The van der Waals surface area contributed by atoms with E-state index < -0.39 is 4.92 Å². The van der Waals surface area contributed by atoms with E-state index in [-0.39, 0.29) is 17.9 Å². The number of carbonyl (C=O) groups excluding carboxylic acids is 1. The molecule has 0 spiro atoms. The molecule has 0 amide bonds. The lowest BCUT2D eigenvalue weighted by Crippen LogP contribution is -2.07. The third-order valence-corrected chi connectivity index (χ3v) is 4.13. The number of para-hydroxylation sites is 1. The standard InChI is InChI=1S/C14H9BrINO3/c15-12-6-5-10(16)8-11(12)14(18)7-9-3-1-2-4-13(9)17(19)20/h1-6,8H,7H2. The highest BCUT2D eigenvalue weighted by Crippen LogP contribution is 2.24. The molecule has 0 fully saturated rings. The summed E-state index contributed by atoms with van der Waals surface area (Å²) in [5.41, 5.74) is 0.936. The molecule has 0 unspecified atom stereocenters. The predicted molar refractivity (Wildman–Crippen MR) is 88.0 cm³/mol. The number of hydrogen-bond acceptors (Lipinski definition) is 3. The number of nitrogens with zero attached hydrogens (tertiary/aromatic N) is 1. The van der Waals surface area contributed by atoms with Crippen LogP contribution in [0, 0.1) is 13.7 Å². The number of benzene rings is 2. The van der Waals surface area contributed by atoms with Gasteiger partial charge in [0, 0.05) is 31.7 Å². The number of carbonyl (C=O) groups is 1. The molecule has 0 saturated carbocycles. The average Bonchev–Trinajstić information content (AvgIpc) is 2.41. The second kappa shape index (κ2) is 6.45. The Labute approximate surface area is 137 Å². The van der Waals surface area contributed by atoms with Crippen molar-refractivity contribution in [1.82, 2.24) is 0 Å². The molecular weight excluding hydrogens is 437 g/mol.